The van der Waals surface area contributed by atoms with Gasteiger partial charge in [-0.05, 0) is 24.0 Å². The fourth-order valence-electron chi connectivity index (χ4n) is 1.83. The highest BCUT2D eigenvalue weighted by Crippen LogP contribution is 2.24. The molecular weight excluding hydrogens is 200 g/mol. The largest absolute Gasteiger partial charge is 0.395 e. The van der Waals surface area contributed by atoms with Crippen LogP contribution in [0.4, 0.5) is 0 Å². The second-order valence-corrected chi connectivity index (χ2v) is 3.51. The summed E-state index contributed by atoms with van der Waals surface area (Å²) in [5.74, 6) is 0.519. The Hall–Kier alpha value is -0.640. The number of rotatable bonds is 2. The van der Waals surface area contributed by atoms with Gasteiger partial charge >= 0.3 is 0 Å². The summed E-state index contributed by atoms with van der Waals surface area (Å²) < 4.78 is 0. The van der Waals surface area contributed by atoms with E-state index in [0.29, 0.717) is 5.92 Å². The molecule has 1 fully saturated rings. The zero-order valence-electron chi connectivity index (χ0n) is 7.89. The van der Waals surface area contributed by atoms with Gasteiger partial charge in [-0.15, -0.1) is 12.4 Å². The maximum Gasteiger partial charge on any atom is 0.0584 e. The van der Waals surface area contributed by atoms with E-state index in [1.54, 1.807) is 6.20 Å². The second kappa shape index (κ2) is 5.29. The van der Waals surface area contributed by atoms with Crippen LogP contribution in [0.1, 0.15) is 17.9 Å². The Morgan fingerprint density at radius 1 is 1.57 bits per heavy atom. The Kier molecular flexibility index (Phi) is 4.32. The van der Waals surface area contributed by atoms with E-state index in [1.807, 2.05) is 12.3 Å². The van der Waals surface area contributed by atoms with Gasteiger partial charge in [0, 0.05) is 25.0 Å². The van der Waals surface area contributed by atoms with Crippen molar-refractivity contribution in [3.63, 3.8) is 0 Å². The maximum atomic E-state index is 8.95. The van der Waals surface area contributed by atoms with Crippen molar-refractivity contribution in [1.82, 2.24) is 10.3 Å². The minimum absolute atomic E-state index is 0. The number of pyridine rings is 1. The third-order valence-corrected chi connectivity index (χ3v) is 2.60. The highest BCUT2D eigenvalue weighted by atomic mass is 35.5. The lowest BCUT2D eigenvalue weighted by atomic mass is 9.98. The summed E-state index contributed by atoms with van der Waals surface area (Å²) in [5, 5.41) is 12.2. The molecule has 78 valence electrons. The number of hydrogen-bond acceptors (Lipinski definition) is 3. The lowest BCUT2D eigenvalue weighted by Gasteiger charge is -2.07. The van der Waals surface area contributed by atoms with Gasteiger partial charge in [-0.2, -0.15) is 0 Å². The zero-order valence-corrected chi connectivity index (χ0v) is 8.70. The summed E-state index contributed by atoms with van der Waals surface area (Å²) >= 11 is 0. The first-order valence-electron chi connectivity index (χ1n) is 4.64. The van der Waals surface area contributed by atoms with Crippen molar-refractivity contribution in [2.45, 2.75) is 18.4 Å². The second-order valence-electron chi connectivity index (χ2n) is 3.51. The highest BCUT2D eigenvalue weighted by Gasteiger charge is 2.24. The molecule has 2 N–H and O–H groups in total. The third-order valence-electron chi connectivity index (χ3n) is 2.60. The van der Waals surface area contributed by atoms with Crippen LogP contribution in [0.2, 0.25) is 0 Å². The predicted octanol–water partition coefficient (Wildman–Crippen LogP) is 0.941. The molecule has 14 heavy (non-hydrogen) atoms. The van der Waals surface area contributed by atoms with Crippen LogP contribution < -0.4 is 5.32 Å². The standard InChI is InChI=1S/C10H14N2O.ClH/c13-7-10-4-9(6-12-10)8-2-1-3-11-5-8;/h1-3,5,9-10,12-13H,4,6-7H2;1H/t9-,10+;/m1./s1. The molecule has 0 amide bonds. The van der Waals surface area contributed by atoms with E-state index in [4.69, 9.17) is 5.11 Å². The first-order valence-corrected chi connectivity index (χ1v) is 4.64. The van der Waals surface area contributed by atoms with E-state index in [2.05, 4.69) is 16.4 Å². The Morgan fingerprint density at radius 2 is 2.43 bits per heavy atom. The number of hydrogen-bond donors (Lipinski definition) is 2. The summed E-state index contributed by atoms with van der Waals surface area (Å²) in [6.07, 6.45) is 4.71. The number of aliphatic hydroxyl groups excluding tert-OH is 1. The van der Waals surface area contributed by atoms with Crippen LogP contribution in [0, 0.1) is 0 Å². The van der Waals surface area contributed by atoms with Crippen molar-refractivity contribution in [3.05, 3.63) is 30.1 Å². The number of nitrogens with one attached hydrogen (secondary N) is 1. The molecule has 0 bridgehead atoms. The molecule has 0 radical (unpaired) electrons. The van der Waals surface area contributed by atoms with Gasteiger partial charge in [0.2, 0.25) is 0 Å². The van der Waals surface area contributed by atoms with E-state index in [1.165, 1.54) is 5.56 Å². The number of halogens is 1. The predicted molar refractivity (Wildman–Crippen MR) is 57.7 cm³/mol. The van der Waals surface area contributed by atoms with Crippen LogP contribution in [-0.2, 0) is 0 Å². The van der Waals surface area contributed by atoms with Gasteiger partial charge in [-0.25, -0.2) is 0 Å². The molecule has 1 aromatic heterocycles. The molecule has 1 aliphatic heterocycles. The first-order chi connectivity index (χ1) is 6.40. The van der Waals surface area contributed by atoms with Crippen LogP contribution in [0.15, 0.2) is 24.5 Å². The Labute approximate surface area is 90.0 Å². The Balaban J connectivity index is 0.000000980. The SMILES string of the molecule is Cl.OC[C@@H]1C[C@@H](c2cccnc2)CN1. The smallest absolute Gasteiger partial charge is 0.0584 e. The molecule has 4 heteroatoms. The first kappa shape index (κ1) is 11.4. The summed E-state index contributed by atoms with van der Waals surface area (Å²) in [4.78, 5) is 4.09. The van der Waals surface area contributed by atoms with Crippen molar-refractivity contribution in [2.75, 3.05) is 13.2 Å². The molecule has 0 aliphatic carbocycles. The number of aromatic nitrogens is 1. The van der Waals surface area contributed by atoms with E-state index in [0.717, 1.165) is 13.0 Å². The summed E-state index contributed by atoms with van der Waals surface area (Å²) in [7, 11) is 0. The molecule has 2 rings (SSSR count). The Morgan fingerprint density at radius 3 is 3.00 bits per heavy atom. The fraction of sp³-hybridized carbons (Fsp3) is 0.500. The minimum Gasteiger partial charge on any atom is -0.395 e. The minimum atomic E-state index is 0. The quantitative estimate of drug-likeness (QED) is 0.771. The molecule has 2 heterocycles. The molecule has 0 saturated carbocycles. The third kappa shape index (κ3) is 2.44. The summed E-state index contributed by atoms with van der Waals surface area (Å²) in [6.45, 7) is 1.19. The van der Waals surface area contributed by atoms with E-state index in [-0.39, 0.29) is 25.1 Å². The van der Waals surface area contributed by atoms with Gasteiger partial charge in [0.1, 0.15) is 0 Å². The molecule has 2 atom stereocenters. The normalized spacial score (nSPS) is 25.8. The van der Waals surface area contributed by atoms with Gasteiger partial charge in [0.25, 0.3) is 0 Å². The van der Waals surface area contributed by atoms with Crippen molar-refractivity contribution < 1.29 is 5.11 Å². The zero-order chi connectivity index (χ0) is 9.10. The van der Waals surface area contributed by atoms with Gasteiger partial charge in [0.15, 0.2) is 0 Å². The molecule has 1 saturated heterocycles. The van der Waals surface area contributed by atoms with E-state index < -0.39 is 0 Å². The number of aliphatic hydroxyl groups is 1. The molecule has 0 aromatic carbocycles. The van der Waals surface area contributed by atoms with Crippen molar-refractivity contribution in [1.29, 1.82) is 0 Å². The maximum absolute atomic E-state index is 8.95. The number of nitrogens with zero attached hydrogens (tertiary/aromatic N) is 1. The molecule has 0 unspecified atom stereocenters. The average molecular weight is 215 g/mol. The Bertz CT molecular complexity index is 268. The monoisotopic (exact) mass is 214 g/mol. The van der Waals surface area contributed by atoms with Crippen LogP contribution in [-0.4, -0.2) is 29.3 Å². The van der Waals surface area contributed by atoms with Crippen LogP contribution in [0.5, 0.6) is 0 Å². The van der Waals surface area contributed by atoms with Gasteiger partial charge in [0.05, 0.1) is 6.61 Å². The molecule has 3 nitrogen and oxygen atoms in total. The lowest BCUT2D eigenvalue weighted by molar-refractivity contribution is 0.254. The van der Waals surface area contributed by atoms with E-state index >= 15 is 0 Å². The van der Waals surface area contributed by atoms with Gasteiger partial charge in [-0.1, -0.05) is 6.07 Å². The van der Waals surface area contributed by atoms with Crippen molar-refractivity contribution in [3.8, 4) is 0 Å². The average Bonchev–Trinajstić information content (AvgIpc) is 2.67. The molecule has 1 aliphatic rings. The van der Waals surface area contributed by atoms with E-state index in [9.17, 15) is 0 Å². The highest BCUT2D eigenvalue weighted by molar-refractivity contribution is 5.85. The topological polar surface area (TPSA) is 45.2 Å². The van der Waals surface area contributed by atoms with Crippen LogP contribution in [0.25, 0.3) is 0 Å². The van der Waals surface area contributed by atoms with Crippen molar-refractivity contribution in [2.24, 2.45) is 0 Å². The van der Waals surface area contributed by atoms with Crippen LogP contribution >= 0.6 is 12.4 Å². The summed E-state index contributed by atoms with van der Waals surface area (Å²) in [5.41, 5.74) is 1.27. The fourth-order valence-corrected chi connectivity index (χ4v) is 1.83. The molecule has 0 spiro atoms. The van der Waals surface area contributed by atoms with Crippen LogP contribution in [0.3, 0.4) is 0 Å². The molecule has 1 aromatic rings. The van der Waals surface area contributed by atoms with Gasteiger partial charge in [-0.3, -0.25) is 4.98 Å². The molecular formula is C10H15ClN2O. The van der Waals surface area contributed by atoms with Gasteiger partial charge < -0.3 is 10.4 Å². The summed E-state index contributed by atoms with van der Waals surface area (Å²) in [6, 6.07) is 4.32. The lowest BCUT2D eigenvalue weighted by Crippen LogP contribution is -2.24. The van der Waals surface area contributed by atoms with Crippen molar-refractivity contribution >= 4 is 12.4 Å².